The van der Waals surface area contributed by atoms with Gasteiger partial charge in [-0.25, -0.2) is 4.68 Å². The summed E-state index contributed by atoms with van der Waals surface area (Å²) in [5.41, 5.74) is 5.44. The van der Waals surface area contributed by atoms with E-state index in [-0.39, 0.29) is 17.8 Å². The largest absolute Gasteiger partial charge is 0.366 e. The number of rotatable bonds is 3. The molecule has 0 bridgehead atoms. The summed E-state index contributed by atoms with van der Waals surface area (Å²) in [6.45, 7) is 1.44. The van der Waals surface area contributed by atoms with E-state index in [1.807, 2.05) is 0 Å². The molecule has 15 heavy (non-hydrogen) atoms. The van der Waals surface area contributed by atoms with Gasteiger partial charge in [-0.1, -0.05) is 0 Å². The first-order valence-corrected chi connectivity index (χ1v) is 5.59. The van der Waals surface area contributed by atoms with Gasteiger partial charge in [-0.2, -0.15) is 4.98 Å². The Labute approximate surface area is 95.4 Å². The van der Waals surface area contributed by atoms with Crippen LogP contribution in [0.4, 0.5) is 5.95 Å². The van der Waals surface area contributed by atoms with Crippen molar-refractivity contribution in [3.05, 3.63) is 4.73 Å². The maximum Gasteiger partial charge on any atom is 0.240 e. The molecule has 3 N–H and O–H groups in total. The Kier molecular flexibility index (Phi) is 2.90. The van der Waals surface area contributed by atoms with Crippen molar-refractivity contribution in [3.63, 3.8) is 0 Å². The standard InChI is InChI=1S/C8H12BrN5O/c9-7-12-8(10)13-14(7)4-2-5-1-3-11-6(5)15/h5H,1-4H2,(H2,10,13)(H,11,15). The highest BCUT2D eigenvalue weighted by Crippen LogP contribution is 2.16. The van der Waals surface area contributed by atoms with Gasteiger partial charge in [0.1, 0.15) is 0 Å². The number of hydrogen-bond donors (Lipinski definition) is 2. The first-order chi connectivity index (χ1) is 7.16. The molecule has 1 fully saturated rings. The van der Waals surface area contributed by atoms with E-state index < -0.39 is 0 Å². The van der Waals surface area contributed by atoms with E-state index in [2.05, 4.69) is 31.3 Å². The lowest BCUT2D eigenvalue weighted by atomic mass is 10.0. The lowest BCUT2D eigenvalue weighted by molar-refractivity contribution is -0.122. The highest BCUT2D eigenvalue weighted by molar-refractivity contribution is 9.10. The van der Waals surface area contributed by atoms with Gasteiger partial charge in [-0.15, -0.1) is 5.10 Å². The van der Waals surface area contributed by atoms with E-state index in [1.165, 1.54) is 0 Å². The molecule has 0 saturated carbocycles. The Bertz CT molecular complexity index is 377. The van der Waals surface area contributed by atoms with Gasteiger partial charge >= 0.3 is 0 Å². The zero-order chi connectivity index (χ0) is 10.8. The molecule has 1 atom stereocenters. The molecule has 0 aromatic carbocycles. The molecule has 1 unspecified atom stereocenters. The molecule has 1 aromatic rings. The van der Waals surface area contributed by atoms with Crippen molar-refractivity contribution in [1.29, 1.82) is 0 Å². The van der Waals surface area contributed by atoms with Crippen molar-refractivity contribution in [2.75, 3.05) is 12.3 Å². The predicted octanol–water partition coefficient (Wildman–Crippen LogP) is 0.149. The van der Waals surface area contributed by atoms with Crippen molar-refractivity contribution in [3.8, 4) is 0 Å². The van der Waals surface area contributed by atoms with E-state index in [1.54, 1.807) is 4.68 Å². The van der Waals surface area contributed by atoms with Crippen LogP contribution in [-0.4, -0.2) is 27.2 Å². The number of aryl methyl sites for hydroxylation is 1. The van der Waals surface area contributed by atoms with E-state index >= 15 is 0 Å². The van der Waals surface area contributed by atoms with Gasteiger partial charge < -0.3 is 11.1 Å². The Hall–Kier alpha value is -1.11. The SMILES string of the molecule is Nc1nc(Br)n(CCC2CCNC2=O)n1. The maximum atomic E-state index is 11.3. The molecule has 1 aliphatic rings. The normalized spacial score (nSPS) is 20.6. The second-order valence-electron chi connectivity index (χ2n) is 3.53. The van der Waals surface area contributed by atoms with Crippen LogP contribution in [0.15, 0.2) is 4.73 Å². The van der Waals surface area contributed by atoms with Crippen molar-refractivity contribution >= 4 is 27.8 Å². The monoisotopic (exact) mass is 273 g/mol. The molecular formula is C8H12BrN5O. The number of nitrogens with zero attached hydrogens (tertiary/aromatic N) is 3. The van der Waals surface area contributed by atoms with Gasteiger partial charge in [0.15, 0.2) is 4.73 Å². The van der Waals surface area contributed by atoms with Crippen LogP contribution < -0.4 is 11.1 Å². The molecule has 0 spiro atoms. The zero-order valence-corrected chi connectivity index (χ0v) is 9.70. The third kappa shape index (κ3) is 2.28. The fourth-order valence-corrected chi connectivity index (χ4v) is 2.12. The summed E-state index contributed by atoms with van der Waals surface area (Å²) in [5.74, 6) is 0.485. The maximum absolute atomic E-state index is 11.3. The van der Waals surface area contributed by atoms with E-state index in [0.717, 1.165) is 19.4 Å². The summed E-state index contributed by atoms with van der Waals surface area (Å²) in [6, 6.07) is 0. The van der Waals surface area contributed by atoms with E-state index in [0.29, 0.717) is 11.3 Å². The summed E-state index contributed by atoms with van der Waals surface area (Å²) >= 11 is 3.25. The van der Waals surface area contributed by atoms with Gasteiger partial charge in [0.05, 0.1) is 0 Å². The summed E-state index contributed by atoms with van der Waals surface area (Å²) in [5, 5.41) is 6.81. The fraction of sp³-hybridized carbons (Fsp3) is 0.625. The second-order valence-corrected chi connectivity index (χ2v) is 4.24. The van der Waals surface area contributed by atoms with E-state index in [4.69, 9.17) is 5.73 Å². The predicted molar refractivity (Wildman–Crippen MR) is 57.9 cm³/mol. The zero-order valence-electron chi connectivity index (χ0n) is 8.11. The van der Waals surface area contributed by atoms with Crippen molar-refractivity contribution in [1.82, 2.24) is 20.1 Å². The topological polar surface area (TPSA) is 85.8 Å². The molecular weight excluding hydrogens is 262 g/mol. The number of amides is 1. The van der Waals surface area contributed by atoms with Crippen LogP contribution in [0.5, 0.6) is 0 Å². The molecule has 0 aliphatic carbocycles. The number of anilines is 1. The minimum atomic E-state index is 0.0994. The molecule has 7 heteroatoms. The van der Waals surface area contributed by atoms with Gasteiger partial charge in [0.25, 0.3) is 0 Å². The first-order valence-electron chi connectivity index (χ1n) is 4.80. The molecule has 6 nitrogen and oxygen atoms in total. The van der Waals surface area contributed by atoms with E-state index in [9.17, 15) is 4.79 Å². The molecule has 2 heterocycles. The lowest BCUT2D eigenvalue weighted by Crippen LogP contribution is -2.20. The Morgan fingerprint density at radius 2 is 2.47 bits per heavy atom. The third-order valence-electron chi connectivity index (χ3n) is 2.50. The van der Waals surface area contributed by atoms with Crippen LogP contribution in [0.1, 0.15) is 12.8 Å². The Balaban J connectivity index is 1.92. The molecule has 82 valence electrons. The van der Waals surface area contributed by atoms with Gasteiger partial charge in [-0.3, -0.25) is 4.79 Å². The number of nitrogens with one attached hydrogen (secondary N) is 1. The minimum absolute atomic E-state index is 0.0994. The molecule has 0 radical (unpaired) electrons. The summed E-state index contributed by atoms with van der Waals surface area (Å²) in [4.78, 5) is 15.2. The summed E-state index contributed by atoms with van der Waals surface area (Å²) in [7, 11) is 0. The highest BCUT2D eigenvalue weighted by atomic mass is 79.9. The van der Waals surface area contributed by atoms with Crippen molar-refractivity contribution in [2.45, 2.75) is 19.4 Å². The van der Waals surface area contributed by atoms with Gasteiger partial charge in [-0.05, 0) is 28.8 Å². The average molecular weight is 274 g/mol. The summed E-state index contributed by atoms with van der Waals surface area (Å²) < 4.78 is 2.28. The number of nitrogen functional groups attached to an aromatic ring is 1. The van der Waals surface area contributed by atoms with Crippen molar-refractivity contribution in [2.24, 2.45) is 5.92 Å². The van der Waals surface area contributed by atoms with Gasteiger partial charge in [0.2, 0.25) is 11.9 Å². The van der Waals surface area contributed by atoms with Crippen LogP contribution in [0.2, 0.25) is 0 Å². The number of hydrogen-bond acceptors (Lipinski definition) is 4. The van der Waals surface area contributed by atoms with Crippen LogP contribution in [0.3, 0.4) is 0 Å². The fourth-order valence-electron chi connectivity index (χ4n) is 1.68. The first kappa shape index (κ1) is 10.4. The smallest absolute Gasteiger partial charge is 0.240 e. The number of nitrogens with two attached hydrogens (primary N) is 1. The quantitative estimate of drug-likeness (QED) is 0.821. The minimum Gasteiger partial charge on any atom is -0.366 e. The second kappa shape index (κ2) is 4.18. The number of aromatic nitrogens is 3. The molecule has 1 aliphatic heterocycles. The van der Waals surface area contributed by atoms with Crippen LogP contribution in [-0.2, 0) is 11.3 Å². The van der Waals surface area contributed by atoms with Gasteiger partial charge in [0, 0.05) is 19.0 Å². The van der Waals surface area contributed by atoms with Crippen LogP contribution in [0.25, 0.3) is 0 Å². The molecule has 1 saturated heterocycles. The van der Waals surface area contributed by atoms with Crippen LogP contribution >= 0.6 is 15.9 Å². The number of carbonyl (C=O) groups is 1. The van der Waals surface area contributed by atoms with Crippen LogP contribution in [0, 0.1) is 5.92 Å². The molecule has 2 rings (SSSR count). The average Bonchev–Trinajstić information content (AvgIpc) is 2.70. The lowest BCUT2D eigenvalue weighted by Gasteiger charge is -2.06. The Morgan fingerprint density at radius 1 is 1.67 bits per heavy atom. The van der Waals surface area contributed by atoms with Crippen molar-refractivity contribution < 1.29 is 4.79 Å². The Morgan fingerprint density at radius 3 is 3.00 bits per heavy atom. The number of carbonyl (C=O) groups excluding carboxylic acids is 1. The molecule has 1 amide bonds. The number of halogens is 1. The third-order valence-corrected chi connectivity index (χ3v) is 3.08. The molecule has 1 aromatic heterocycles. The highest BCUT2D eigenvalue weighted by Gasteiger charge is 2.23. The summed E-state index contributed by atoms with van der Waals surface area (Å²) in [6.07, 6.45) is 1.67.